The first-order valence-corrected chi connectivity index (χ1v) is 7.39. The lowest BCUT2D eigenvalue weighted by Gasteiger charge is -2.17. The van der Waals surface area contributed by atoms with E-state index < -0.39 is 0 Å². The molecular formula is C17H21NO4. The number of amides is 1. The summed E-state index contributed by atoms with van der Waals surface area (Å²) < 4.78 is 16.2. The third-order valence-corrected chi connectivity index (χ3v) is 3.16. The van der Waals surface area contributed by atoms with Crippen LogP contribution in [0.3, 0.4) is 0 Å². The Labute approximate surface area is 130 Å². The Hall–Kier alpha value is -2.43. The number of furan rings is 1. The van der Waals surface area contributed by atoms with E-state index in [4.69, 9.17) is 13.9 Å². The Bertz CT molecular complexity index is 607. The van der Waals surface area contributed by atoms with Crippen LogP contribution in [0.5, 0.6) is 11.5 Å². The number of carbonyl (C=O) groups is 1. The zero-order valence-corrected chi connectivity index (χ0v) is 13.1. The number of benzene rings is 1. The minimum Gasteiger partial charge on any atom is -0.490 e. The molecule has 1 heterocycles. The largest absolute Gasteiger partial charge is 0.490 e. The summed E-state index contributed by atoms with van der Waals surface area (Å²) in [5.41, 5.74) is 0.937. The van der Waals surface area contributed by atoms with Gasteiger partial charge in [-0.15, -0.1) is 0 Å². The number of nitrogens with one attached hydrogen (secondary N) is 1. The summed E-state index contributed by atoms with van der Waals surface area (Å²) >= 11 is 0. The van der Waals surface area contributed by atoms with E-state index in [0.717, 1.165) is 5.56 Å². The van der Waals surface area contributed by atoms with Crippen molar-refractivity contribution in [3.8, 4) is 11.5 Å². The maximum absolute atomic E-state index is 12.0. The van der Waals surface area contributed by atoms with E-state index in [1.807, 2.05) is 39.0 Å². The molecule has 1 atom stereocenters. The topological polar surface area (TPSA) is 60.7 Å². The molecule has 22 heavy (non-hydrogen) atoms. The summed E-state index contributed by atoms with van der Waals surface area (Å²) in [4.78, 5) is 12.0. The lowest BCUT2D eigenvalue weighted by atomic mass is 10.1. The van der Waals surface area contributed by atoms with Crippen molar-refractivity contribution in [1.29, 1.82) is 0 Å². The van der Waals surface area contributed by atoms with Crippen molar-refractivity contribution in [2.75, 3.05) is 13.2 Å². The van der Waals surface area contributed by atoms with Crippen molar-refractivity contribution in [3.63, 3.8) is 0 Å². The molecule has 5 nitrogen and oxygen atoms in total. The number of hydrogen-bond acceptors (Lipinski definition) is 4. The minimum atomic E-state index is -0.246. The highest BCUT2D eigenvalue weighted by Crippen LogP contribution is 2.30. The first-order valence-electron chi connectivity index (χ1n) is 7.39. The van der Waals surface area contributed by atoms with Crippen molar-refractivity contribution in [2.24, 2.45) is 0 Å². The lowest BCUT2D eigenvalue weighted by molar-refractivity contribution is 0.0912. The van der Waals surface area contributed by atoms with Gasteiger partial charge in [-0.2, -0.15) is 0 Å². The van der Waals surface area contributed by atoms with Crippen molar-refractivity contribution in [2.45, 2.75) is 26.8 Å². The van der Waals surface area contributed by atoms with Crippen molar-refractivity contribution >= 4 is 5.91 Å². The predicted octanol–water partition coefficient (Wildman–Crippen LogP) is 3.57. The molecule has 5 heteroatoms. The second kappa shape index (κ2) is 7.54. The van der Waals surface area contributed by atoms with Crippen LogP contribution in [0.2, 0.25) is 0 Å². The normalized spacial score (nSPS) is 11.8. The number of carbonyl (C=O) groups excluding carboxylic acids is 1. The van der Waals surface area contributed by atoms with Gasteiger partial charge in [-0.05, 0) is 50.6 Å². The Morgan fingerprint density at radius 2 is 1.91 bits per heavy atom. The molecule has 0 saturated heterocycles. The molecule has 0 aliphatic carbocycles. The lowest BCUT2D eigenvalue weighted by Crippen LogP contribution is -2.26. The van der Waals surface area contributed by atoms with Crippen LogP contribution in [-0.2, 0) is 0 Å². The van der Waals surface area contributed by atoms with E-state index in [-0.39, 0.29) is 11.9 Å². The Kier molecular flexibility index (Phi) is 5.47. The molecule has 0 unspecified atom stereocenters. The Balaban J connectivity index is 2.13. The van der Waals surface area contributed by atoms with Gasteiger partial charge < -0.3 is 19.2 Å². The van der Waals surface area contributed by atoms with Crippen LogP contribution in [0, 0.1) is 0 Å². The fraction of sp³-hybridized carbons (Fsp3) is 0.353. The zero-order valence-electron chi connectivity index (χ0n) is 13.1. The third kappa shape index (κ3) is 3.81. The van der Waals surface area contributed by atoms with Crippen LogP contribution in [0.25, 0.3) is 0 Å². The molecule has 1 N–H and O–H groups in total. The van der Waals surface area contributed by atoms with Gasteiger partial charge in [-0.3, -0.25) is 4.79 Å². The van der Waals surface area contributed by atoms with Crippen molar-refractivity contribution in [1.82, 2.24) is 5.32 Å². The molecule has 0 spiro atoms. The molecule has 0 saturated carbocycles. The molecule has 118 valence electrons. The van der Waals surface area contributed by atoms with Gasteiger partial charge in [0.25, 0.3) is 5.91 Å². The number of rotatable bonds is 7. The van der Waals surface area contributed by atoms with Gasteiger partial charge >= 0.3 is 0 Å². The average Bonchev–Trinajstić information content (AvgIpc) is 3.04. The molecule has 2 aromatic rings. The van der Waals surface area contributed by atoms with Crippen LogP contribution in [-0.4, -0.2) is 19.1 Å². The van der Waals surface area contributed by atoms with Crippen LogP contribution < -0.4 is 14.8 Å². The SMILES string of the molecule is CCOc1ccc([C@H](C)NC(=O)c2ccco2)cc1OCC. The summed E-state index contributed by atoms with van der Waals surface area (Å²) in [5.74, 6) is 1.44. The molecule has 1 aromatic carbocycles. The maximum atomic E-state index is 12.0. The quantitative estimate of drug-likeness (QED) is 0.849. The van der Waals surface area contributed by atoms with Crippen LogP contribution in [0.1, 0.15) is 42.9 Å². The number of ether oxygens (including phenoxy) is 2. The molecule has 1 aromatic heterocycles. The van der Waals surface area contributed by atoms with E-state index in [1.54, 1.807) is 12.1 Å². The maximum Gasteiger partial charge on any atom is 0.287 e. The van der Waals surface area contributed by atoms with Crippen molar-refractivity contribution in [3.05, 3.63) is 47.9 Å². The van der Waals surface area contributed by atoms with E-state index in [0.29, 0.717) is 30.5 Å². The van der Waals surface area contributed by atoms with Crippen LogP contribution >= 0.6 is 0 Å². The standard InChI is InChI=1S/C17H21NO4/c1-4-20-14-9-8-13(11-16(14)21-5-2)12(3)18-17(19)15-7-6-10-22-15/h6-12H,4-5H2,1-3H3,(H,18,19)/t12-/m0/s1. The molecule has 0 radical (unpaired) electrons. The van der Waals surface area contributed by atoms with Crippen LogP contribution in [0.4, 0.5) is 0 Å². The van der Waals surface area contributed by atoms with Gasteiger partial charge in [-0.1, -0.05) is 6.07 Å². The van der Waals surface area contributed by atoms with Crippen LogP contribution in [0.15, 0.2) is 41.0 Å². The van der Waals surface area contributed by atoms with Crippen molar-refractivity contribution < 1.29 is 18.7 Å². The zero-order chi connectivity index (χ0) is 15.9. The molecule has 0 fully saturated rings. The smallest absolute Gasteiger partial charge is 0.287 e. The Morgan fingerprint density at radius 1 is 1.18 bits per heavy atom. The molecule has 0 aliphatic heterocycles. The highest BCUT2D eigenvalue weighted by molar-refractivity contribution is 5.91. The summed E-state index contributed by atoms with van der Waals surface area (Å²) in [6.45, 7) is 6.88. The van der Waals surface area contributed by atoms with E-state index in [1.165, 1.54) is 6.26 Å². The number of hydrogen-bond donors (Lipinski definition) is 1. The van der Waals surface area contributed by atoms with Gasteiger partial charge in [-0.25, -0.2) is 0 Å². The molecule has 0 bridgehead atoms. The predicted molar refractivity (Wildman–Crippen MR) is 83.4 cm³/mol. The first kappa shape index (κ1) is 15.9. The molecular weight excluding hydrogens is 282 g/mol. The summed E-state index contributed by atoms with van der Waals surface area (Å²) in [5, 5.41) is 2.89. The molecule has 1 amide bonds. The molecule has 0 aliphatic rings. The van der Waals surface area contributed by atoms with Gasteiger partial charge in [0.05, 0.1) is 25.5 Å². The third-order valence-electron chi connectivity index (χ3n) is 3.16. The highest BCUT2D eigenvalue weighted by Gasteiger charge is 2.15. The van der Waals surface area contributed by atoms with Gasteiger partial charge in [0.1, 0.15) is 0 Å². The van der Waals surface area contributed by atoms with E-state index in [9.17, 15) is 4.79 Å². The fourth-order valence-corrected chi connectivity index (χ4v) is 2.10. The second-order valence-electron chi connectivity index (χ2n) is 4.74. The van der Waals surface area contributed by atoms with Gasteiger partial charge in [0.15, 0.2) is 17.3 Å². The van der Waals surface area contributed by atoms with Gasteiger partial charge in [0.2, 0.25) is 0 Å². The summed E-state index contributed by atoms with van der Waals surface area (Å²) in [7, 11) is 0. The monoisotopic (exact) mass is 303 g/mol. The Morgan fingerprint density at radius 3 is 2.55 bits per heavy atom. The summed E-state index contributed by atoms with van der Waals surface area (Å²) in [6, 6.07) is 8.81. The fourth-order valence-electron chi connectivity index (χ4n) is 2.10. The van der Waals surface area contributed by atoms with E-state index in [2.05, 4.69) is 5.32 Å². The van der Waals surface area contributed by atoms with Gasteiger partial charge in [0, 0.05) is 0 Å². The second-order valence-corrected chi connectivity index (χ2v) is 4.74. The summed E-state index contributed by atoms with van der Waals surface area (Å²) in [6.07, 6.45) is 1.48. The average molecular weight is 303 g/mol. The first-order chi connectivity index (χ1) is 10.7. The highest BCUT2D eigenvalue weighted by atomic mass is 16.5. The minimum absolute atomic E-state index is 0.174. The molecule has 2 rings (SSSR count). The van der Waals surface area contributed by atoms with E-state index >= 15 is 0 Å².